The molecule has 0 fully saturated rings. The lowest BCUT2D eigenvalue weighted by Gasteiger charge is -2.06. The Labute approximate surface area is 124 Å². The Morgan fingerprint density at radius 3 is 2.75 bits per heavy atom. The van der Waals surface area contributed by atoms with Crippen molar-refractivity contribution in [2.45, 2.75) is 18.2 Å². The average molecular weight is 429 g/mol. The minimum atomic E-state index is 0.203. The van der Waals surface area contributed by atoms with Crippen LogP contribution in [0.1, 0.15) is 28.0 Å². The molecule has 0 aliphatic rings. The predicted octanol–water partition coefficient (Wildman–Crippen LogP) is 5.91. The summed E-state index contributed by atoms with van der Waals surface area (Å²) in [6.07, 6.45) is 2.66. The van der Waals surface area contributed by atoms with Crippen molar-refractivity contribution in [3.05, 3.63) is 42.9 Å². The second-order valence-electron chi connectivity index (χ2n) is 3.29. The molecule has 0 amide bonds. The van der Waals surface area contributed by atoms with Crippen molar-refractivity contribution >= 4 is 59.1 Å². The molecule has 1 atom stereocenters. The van der Waals surface area contributed by atoms with Gasteiger partial charge in [-0.15, -0.1) is 11.3 Å². The number of aryl methyl sites for hydroxylation is 1. The van der Waals surface area contributed by atoms with E-state index in [1.807, 2.05) is 6.07 Å². The predicted molar refractivity (Wildman–Crippen MR) is 78.6 cm³/mol. The summed E-state index contributed by atoms with van der Waals surface area (Å²) in [5.41, 5.74) is 1.21. The number of hydrogen-bond acceptors (Lipinski definition) is 2. The van der Waals surface area contributed by atoms with E-state index in [0.717, 1.165) is 20.4 Å². The fourth-order valence-electron chi connectivity index (χ4n) is 1.51. The summed E-state index contributed by atoms with van der Waals surface area (Å²) in [5, 5.41) is 0. The Balaban J connectivity index is 2.35. The Morgan fingerprint density at radius 1 is 1.44 bits per heavy atom. The molecular formula is C11H9Br3OS. The van der Waals surface area contributed by atoms with E-state index in [0.29, 0.717) is 0 Å². The molecule has 0 aromatic carbocycles. The maximum Gasteiger partial charge on any atom is 0.108 e. The van der Waals surface area contributed by atoms with E-state index in [1.54, 1.807) is 17.6 Å². The molecule has 1 unspecified atom stereocenters. The summed E-state index contributed by atoms with van der Waals surface area (Å²) in [4.78, 5) is 1.46. The zero-order valence-corrected chi connectivity index (χ0v) is 14.0. The summed E-state index contributed by atoms with van der Waals surface area (Å²) >= 11 is 12.5. The first kappa shape index (κ1) is 12.9. The van der Waals surface area contributed by atoms with Crippen molar-refractivity contribution < 1.29 is 4.42 Å². The number of furan rings is 1. The Bertz CT molecular complexity index is 470. The van der Waals surface area contributed by atoms with E-state index in [9.17, 15) is 0 Å². The number of alkyl halides is 1. The summed E-state index contributed by atoms with van der Waals surface area (Å²) in [7, 11) is 0. The number of rotatable bonds is 3. The summed E-state index contributed by atoms with van der Waals surface area (Å²) < 4.78 is 7.66. The van der Waals surface area contributed by atoms with Crippen molar-refractivity contribution in [2.75, 3.05) is 0 Å². The highest BCUT2D eigenvalue weighted by Gasteiger charge is 2.19. The van der Waals surface area contributed by atoms with Gasteiger partial charge in [-0.2, -0.15) is 0 Å². The zero-order valence-electron chi connectivity index (χ0n) is 8.47. The first-order valence-corrected chi connectivity index (χ1v) is 8.10. The Morgan fingerprint density at radius 2 is 2.19 bits per heavy atom. The van der Waals surface area contributed by atoms with Crippen LogP contribution in [0.4, 0.5) is 0 Å². The lowest BCUT2D eigenvalue weighted by atomic mass is 10.1. The molecule has 86 valence electrons. The van der Waals surface area contributed by atoms with E-state index < -0.39 is 0 Å². The molecule has 1 nitrogen and oxygen atoms in total. The lowest BCUT2D eigenvalue weighted by Crippen LogP contribution is -1.91. The van der Waals surface area contributed by atoms with Gasteiger partial charge in [0.05, 0.1) is 14.9 Å². The van der Waals surface area contributed by atoms with Crippen molar-refractivity contribution in [3.8, 4) is 0 Å². The fraction of sp³-hybridized carbons (Fsp3) is 0.273. The SMILES string of the molecule is CCc1occc1C(Br)c1cc(Br)c(Br)s1. The summed E-state index contributed by atoms with van der Waals surface area (Å²) in [6.45, 7) is 2.10. The second-order valence-corrected chi connectivity index (χ2v) is 7.46. The highest BCUT2D eigenvalue weighted by Crippen LogP contribution is 2.42. The second kappa shape index (κ2) is 5.38. The third-order valence-corrected chi connectivity index (χ3v) is 6.90. The molecule has 5 heteroatoms. The van der Waals surface area contributed by atoms with E-state index >= 15 is 0 Å². The number of thiophene rings is 1. The van der Waals surface area contributed by atoms with E-state index in [-0.39, 0.29) is 4.83 Å². The molecule has 0 aliphatic heterocycles. The van der Waals surface area contributed by atoms with Gasteiger partial charge in [-0.25, -0.2) is 0 Å². The van der Waals surface area contributed by atoms with Gasteiger partial charge in [0.1, 0.15) is 5.76 Å². The quantitative estimate of drug-likeness (QED) is 0.553. The molecule has 2 aromatic heterocycles. The molecule has 0 saturated heterocycles. The zero-order chi connectivity index (χ0) is 11.7. The smallest absolute Gasteiger partial charge is 0.108 e. The monoisotopic (exact) mass is 426 g/mol. The third-order valence-electron chi connectivity index (χ3n) is 2.29. The van der Waals surface area contributed by atoms with E-state index in [2.05, 4.69) is 60.8 Å². The van der Waals surface area contributed by atoms with Crippen molar-refractivity contribution in [1.82, 2.24) is 0 Å². The highest BCUT2D eigenvalue weighted by atomic mass is 79.9. The molecule has 2 aromatic rings. The van der Waals surface area contributed by atoms with Crippen LogP contribution in [-0.4, -0.2) is 0 Å². The van der Waals surface area contributed by atoms with Crippen molar-refractivity contribution in [3.63, 3.8) is 0 Å². The van der Waals surface area contributed by atoms with E-state index in [4.69, 9.17) is 4.42 Å². The molecule has 2 heterocycles. The van der Waals surface area contributed by atoms with Crippen LogP contribution in [-0.2, 0) is 6.42 Å². The molecule has 0 aliphatic carbocycles. The van der Waals surface area contributed by atoms with Gasteiger partial charge in [-0.3, -0.25) is 0 Å². The van der Waals surface area contributed by atoms with Gasteiger partial charge in [0.2, 0.25) is 0 Å². The van der Waals surface area contributed by atoms with Gasteiger partial charge in [0, 0.05) is 21.3 Å². The Hall–Kier alpha value is 0.420. The minimum absolute atomic E-state index is 0.203. The van der Waals surface area contributed by atoms with Gasteiger partial charge in [0.25, 0.3) is 0 Å². The van der Waals surface area contributed by atoms with Gasteiger partial charge < -0.3 is 4.42 Å². The number of hydrogen-bond donors (Lipinski definition) is 0. The lowest BCUT2D eigenvalue weighted by molar-refractivity contribution is 0.512. The minimum Gasteiger partial charge on any atom is -0.469 e. The van der Waals surface area contributed by atoms with Gasteiger partial charge in [-0.05, 0) is 44.0 Å². The highest BCUT2D eigenvalue weighted by molar-refractivity contribution is 9.13. The topological polar surface area (TPSA) is 13.1 Å². The maximum atomic E-state index is 5.44. The van der Waals surface area contributed by atoms with Crippen LogP contribution in [0.15, 0.2) is 31.1 Å². The first-order valence-electron chi connectivity index (χ1n) is 4.78. The van der Waals surface area contributed by atoms with Crippen LogP contribution < -0.4 is 0 Å². The summed E-state index contributed by atoms with van der Waals surface area (Å²) in [6, 6.07) is 4.15. The van der Waals surface area contributed by atoms with Gasteiger partial charge in [-0.1, -0.05) is 22.9 Å². The van der Waals surface area contributed by atoms with Crippen LogP contribution in [0.3, 0.4) is 0 Å². The standard InChI is InChI=1S/C11H9Br3OS/c1-2-8-6(3-4-15-8)10(13)9-5-7(12)11(14)16-9/h3-5,10H,2H2,1H3. The van der Waals surface area contributed by atoms with Crippen molar-refractivity contribution in [1.29, 1.82) is 0 Å². The molecule has 2 rings (SSSR count). The molecule has 16 heavy (non-hydrogen) atoms. The molecule has 0 radical (unpaired) electrons. The molecule has 0 spiro atoms. The molecular weight excluding hydrogens is 420 g/mol. The maximum absolute atomic E-state index is 5.44. The first-order chi connectivity index (χ1) is 7.63. The van der Waals surface area contributed by atoms with Crippen LogP contribution in [0, 0.1) is 0 Å². The van der Waals surface area contributed by atoms with Crippen LogP contribution in [0.25, 0.3) is 0 Å². The number of halogens is 3. The van der Waals surface area contributed by atoms with Crippen LogP contribution in [0.5, 0.6) is 0 Å². The fourth-order valence-corrected chi connectivity index (χ4v) is 4.41. The van der Waals surface area contributed by atoms with E-state index in [1.165, 1.54) is 10.4 Å². The largest absolute Gasteiger partial charge is 0.469 e. The molecule has 0 saturated carbocycles. The summed E-state index contributed by atoms with van der Waals surface area (Å²) in [5.74, 6) is 1.04. The van der Waals surface area contributed by atoms with Gasteiger partial charge >= 0.3 is 0 Å². The molecule has 0 N–H and O–H groups in total. The van der Waals surface area contributed by atoms with Crippen LogP contribution >= 0.6 is 59.1 Å². The average Bonchev–Trinajstić information content (AvgIpc) is 2.85. The van der Waals surface area contributed by atoms with Crippen LogP contribution in [0.2, 0.25) is 0 Å². The Kier molecular flexibility index (Phi) is 4.32. The molecule has 0 bridgehead atoms. The third kappa shape index (κ3) is 2.47. The van der Waals surface area contributed by atoms with Crippen molar-refractivity contribution in [2.24, 2.45) is 0 Å². The normalized spacial score (nSPS) is 13.0. The van der Waals surface area contributed by atoms with Gasteiger partial charge in [0.15, 0.2) is 0 Å².